The summed E-state index contributed by atoms with van der Waals surface area (Å²) >= 11 is 0. The first-order chi connectivity index (χ1) is 10.4. The van der Waals surface area contributed by atoms with Gasteiger partial charge in [-0.2, -0.15) is 0 Å². The fourth-order valence-electron chi connectivity index (χ4n) is 2.04. The van der Waals surface area contributed by atoms with Crippen LogP contribution in [-0.2, 0) is 9.53 Å². The quantitative estimate of drug-likeness (QED) is 0.841. The van der Waals surface area contributed by atoms with E-state index in [9.17, 15) is 9.59 Å². The van der Waals surface area contributed by atoms with Crippen LogP contribution in [0.5, 0.6) is 0 Å². The average Bonchev–Trinajstić information content (AvgIpc) is 2.47. The number of nitrogens with one attached hydrogen (secondary N) is 1. The van der Waals surface area contributed by atoms with Crippen LogP contribution in [0, 0.1) is 0 Å². The van der Waals surface area contributed by atoms with E-state index in [0.717, 1.165) is 0 Å². The SMILES string of the molecule is CC(C)(C)OC(=O)N1CCN(c2ncc(NC=O)cn2)CC1. The van der Waals surface area contributed by atoms with E-state index in [0.29, 0.717) is 44.2 Å². The van der Waals surface area contributed by atoms with Crippen LogP contribution < -0.4 is 10.2 Å². The average molecular weight is 307 g/mol. The van der Waals surface area contributed by atoms with Crippen LogP contribution in [0.3, 0.4) is 0 Å². The predicted molar refractivity (Wildman–Crippen MR) is 81.7 cm³/mol. The second-order valence-electron chi connectivity index (χ2n) is 5.99. The standard InChI is InChI=1S/C14H21N5O3/c1-14(2,3)22-13(21)19-6-4-18(5-7-19)12-15-8-11(9-16-12)17-10-20/h8-10H,4-7H2,1-3H3,(H,17,20). The maximum Gasteiger partial charge on any atom is 0.410 e. The minimum absolute atomic E-state index is 0.293. The van der Waals surface area contributed by atoms with Gasteiger partial charge in [-0.1, -0.05) is 0 Å². The number of piperazine rings is 1. The zero-order chi connectivity index (χ0) is 16.2. The van der Waals surface area contributed by atoms with Gasteiger partial charge in [0.05, 0.1) is 18.1 Å². The van der Waals surface area contributed by atoms with Crippen LogP contribution in [0.4, 0.5) is 16.4 Å². The lowest BCUT2D eigenvalue weighted by Gasteiger charge is -2.35. The van der Waals surface area contributed by atoms with Crippen LogP contribution in [-0.4, -0.2) is 59.2 Å². The molecule has 0 bridgehead atoms. The van der Waals surface area contributed by atoms with Gasteiger partial charge in [-0.25, -0.2) is 14.8 Å². The van der Waals surface area contributed by atoms with E-state index in [4.69, 9.17) is 4.74 Å². The number of hydrogen-bond acceptors (Lipinski definition) is 6. The molecule has 1 saturated heterocycles. The fourth-order valence-corrected chi connectivity index (χ4v) is 2.04. The maximum absolute atomic E-state index is 12.0. The molecule has 0 radical (unpaired) electrons. The third-order valence-corrected chi connectivity index (χ3v) is 3.08. The predicted octanol–water partition coefficient (Wildman–Crippen LogP) is 1.10. The summed E-state index contributed by atoms with van der Waals surface area (Å²) in [6.45, 7) is 7.95. The number of anilines is 2. The Morgan fingerprint density at radius 3 is 2.32 bits per heavy atom. The number of carbonyl (C=O) groups excluding carboxylic acids is 2. The van der Waals surface area contributed by atoms with Crippen LogP contribution in [0.25, 0.3) is 0 Å². The van der Waals surface area contributed by atoms with E-state index in [1.54, 1.807) is 17.3 Å². The van der Waals surface area contributed by atoms with Crippen molar-refractivity contribution in [1.29, 1.82) is 0 Å². The van der Waals surface area contributed by atoms with Gasteiger partial charge in [0, 0.05) is 26.2 Å². The van der Waals surface area contributed by atoms with Crippen LogP contribution >= 0.6 is 0 Å². The van der Waals surface area contributed by atoms with Gasteiger partial charge in [0.15, 0.2) is 0 Å². The number of carbonyl (C=O) groups is 2. The monoisotopic (exact) mass is 307 g/mol. The summed E-state index contributed by atoms with van der Waals surface area (Å²) in [5, 5.41) is 2.49. The zero-order valence-corrected chi connectivity index (χ0v) is 13.1. The van der Waals surface area contributed by atoms with Gasteiger partial charge in [-0.15, -0.1) is 0 Å². The van der Waals surface area contributed by atoms with Crippen LogP contribution in [0.15, 0.2) is 12.4 Å². The molecule has 8 nitrogen and oxygen atoms in total. The summed E-state index contributed by atoms with van der Waals surface area (Å²) in [6, 6.07) is 0. The van der Waals surface area contributed by atoms with Gasteiger partial charge in [0.25, 0.3) is 0 Å². The molecule has 1 N–H and O–H groups in total. The normalized spacial score (nSPS) is 15.4. The van der Waals surface area contributed by atoms with Crippen molar-refractivity contribution in [3.63, 3.8) is 0 Å². The minimum atomic E-state index is -0.487. The van der Waals surface area contributed by atoms with E-state index < -0.39 is 5.60 Å². The number of nitrogens with zero attached hydrogens (tertiary/aromatic N) is 4. The summed E-state index contributed by atoms with van der Waals surface area (Å²) in [6.07, 6.45) is 3.39. The summed E-state index contributed by atoms with van der Waals surface area (Å²) in [5.41, 5.74) is 0.0600. The highest BCUT2D eigenvalue weighted by molar-refractivity contribution is 5.70. The number of ether oxygens (including phenoxy) is 1. The molecule has 0 spiro atoms. The second-order valence-corrected chi connectivity index (χ2v) is 5.99. The smallest absolute Gasteiger partial charge is 0.410 e. The largest absolute Gasteiger partial charge is 0.444 e. The maximum atomic E-state index is 12.0. The van der Waals surface area contributed by atoms with E-state index in [2.05, 4.69) is 15.3 Å². The van der Waals surface area contributed by atoms with Crippen molar-refractivity contribution >= 4 is 24.1 Å². The molecule has 22 heavy (non-hydrogen) atoms. The van der Waals surface area contributed by atoms with Gasteiger partial charge >= 0.3 is 6.09 Å². The van der Waals surface area contributed by atoms with Crippen molar-refractivity contribution in [2.75, 3.05) is 36.4 Å². The number of rotatable bonds is 3. The lowest BCUT2D eigenvalue weighted by molar-refractivity contribution is -0.105. The van der Waals surface area contributed by atoms with E-state index in [-0.39, 0.29) is 6.09 Å². The Balaban J connectivity index is 1.89. The Morgan fingerprint density at radius 1 is 1.23 bits per heavy atom. The topological polar surface area (TPSA) is 87.7 Å². The molecular weight excluding hydrogens is 286 g/mol. The van der Waals surface area contributed by atoms with Crippen molar-refractivity contribution < 1.29 is 14.3 Å². The highest BCUT2D eigenvalue weighted by Crippen LogP contribution is 2.15. The highest BCUT2D eigenvalue weighted by Gasteiger charge is 2.26. The first-order valence-electron chi connectivity index (χ1n) is 7.14. The summed E-state index contributed by atoms with van der Waals surface area (Å²) < 4.78 is 5.36. The lowest BCUT2D eigenvalue weighted by atomic mass is 10.2. The van der Waals surface area contributed by atoms with E-state index in [1.165, 1.54) is 0 Å². The van der Waals surface area contributed by atoms with E-state index >= 15 is 0 Å². The van der Waals surface area contributed by atoms with Crippen molar-refractivity contribution in [3.05, 3.63) is 12.4 Å². The first-order valence-corrected chi connectivity index (χ1v) is 7.14. The molecule has 0 aliphatic carbocycles. The van der Waals surface area contributed by atoms with Crippen molar-refractivity contribution in [2.45, 2.75) is 26.4 Å². The van der Waals surface area contributed by atoms with E-state index in [1.807, 2.05) is 25.7 Å². The van der Waals surface area contributed by atoms with Gasteiger partial charge in [-0.05, 0) is 20.8 Å². The zero-order valence-electron chi connectivity index (χ0n) is 13.1. The fraction of sp³-hybridized carbons (Fsp3) is 0.571. The molecule has 1 aromatic rings. The molecule has 8 heteroatoms. The Labute approximate surface area is 129 Å². The van der Waals surface area contributed by atoms with Crippen LogP contribution in [0.2, 0.25) is 0 Å². The Hall–Kier alpha value is -2.38. The van der Waals surface area contributed by atoms with Crippen molar-refractivity contribution in [2.24, 2.45) is 0 Å². The molecule has 1 fully saturated rings. The van der Waals surface area contributed by atoms with Crippen LogP contribution in [0.1, 0.15) is 20.8 Å². The summed E-state index contributed by atoms with van der Waals surface area (Å²) in [7, 11) is 0. The lowest BCUT2D eigenvalue weighted by Crippen LogP contribution is -2.50. The molecule has 1 aliphatic heterocycles. The first kappa shape index (κ1) is 16.0. The third-order valence-electron chi connectivity index (χ3n) is 3.08. The summed E-state index contributed by atoms with van der Waals surface area (Å²) in [4.78, 5) is 34.4. The molecular formula is C14H21N5O3. The highest BCUT2D eigenvalue weighted by atomic mass is 16.6. The van der Waals surface area contributed by atoms with Crippen molar-refractivity contribution in [3.8, 4) is 0 Å². The molecule has 0 saturated carbocycles. The Morgan fingerprint density at radius 2 is 1.82 bits per heavy atom. The third kappa shape index (κ3) is 4.31. The Kier molecular flexibility index (Phi) is 4.79. The summed E-state index contributed by atoms with van der Waals surface area (Å²) in [5.74, 6) is 0.584. The number of hydrogen-bond donors (Lipinski definition) is 1. The van der Waals surface area contributed by atoms with Gasteiger partial charge in [0.1, 0.15) is 5.60 Å². The number of aromatic nitrogens is 2. The molecule has 120 valence electrons. The molecule has 0 atom stereocenters. The number of amides is 2. The van der Waals surface area contributed by atoms with Gasteiger partial charge < -0.3 is 19.9 Å². The second kappa shape index (κ2) is 6.59. The minimum Gasteiger partial charge on any atom is -0.444 e. The molecule has 1 aliphatic rings. The molecule has 2 heterocycles. The van der Waals surface area contributed by atoms with Gasteiger partial charge in [0.2, 0.25) is 12.4 Å². The Bertz CT molecular complexity index is 518. The molecule has 2 amide bonds. The molecule has 1 aromatic heterocycles. The van der Waals surface area contributed by atoms with Gasteiger partial charge in [-0.3, -0.25) is 4.79 Å². The molecule has 0 unspecified atom stereocenters. The molecule has 2 rings (SSSR count). The van der Waals surface area contributed by atoms with Crippen molar-refractivity contribution in [1.82, 2.24) is 14.9 Å². The molecule has 0 aromatic carbocycles.